The molecule has 0 bridgehead atoms. The van der Waals surface area contributed by atoms with Gasteiger partial charge in [0.2, 0.25) is 0 Å². The molecule has 0 aliphatic rings. The molecule has 0 aromatic carbocycles. The van der Waals surface area contributed by atoms with Crippen LogP contribution in [-0.4, -0.2) is 16.6 Å². The van der Waals surface area contributed by atoms with Crippen LogP contribution in [0.15, 0.2) is 35.5 Å². The van der Waals surface area contributed by atoms with E-state index in [9.17, 15) is 0 Å². The third kappa shape index (κ3) is 3.16. The molecule has 3 rings (SSSR count). The summed E-state index contributed by atoms with van der Waals surface area (Å²) in [4.78, 5) is 11.0. The van der Waals surface area contributed by atoms with Gasteiger partial charge in [0.05, 0.1) is 12.0 Å². The predicted molar refractivity (Wildman–Crippen MR) is 90.2 cm³/mol. The first kappa shape index (κ1) is 14.7. The maximum atomic E-state index is 6.35. The van der Waals surface area contributed by atoms with Crippen molar-refractivity contribution in [1.82, 2.24) is 9.97 Å². The van der Waals surface area contributed by atoms with Gasteiger partial charge in [0.1, 0.15) is 16.6 Å². The van der Waals surface area contributed by atoms with E-state index in [1.807, 2.05) is 12.1 Å². The fourth-order valence-electron chi connectivity index (χ4n) is 1.95. The van der Waals surface area contributed by atoms with Crippen molar-refractivity contribution in [3.8, 4) is 10.4 Å². The number of rotatable bonds is 6. The highest BCUT2D eigenvalue weighted by molar-refractivity contribution is 7.18. The Balaban J connectivity index is 1.90. The molecule has 21 heavy (non-hydrogen) atoms. The van der Waals surface area contributed by atoms with Crippen LogP contribution in [0, 0.1) is 0 Å². The quantitative estimate of drug-likeness (QED) is 0.354. The lowest BCUT2D eigenvalue weighted by Crippen LogP contribution is -2.00. The number of ether oxygens (including phenoxy) is 1. The number of hydrogen-bond acceptors (Lipinski definition) is 5. The average Bonchev–Trinajstić information content (AvgIpc) is 3.12. The molecule has 0 unspecified atom stereocenters. The van der Waals surface area contributed by atoms with Gasteiger partial charge in [0.25, 0.3) is 0 Å². The Hall–Kier alpha value is -1.27. The Morgan fingerprint density at radius 2 is 2.24 bits per heavy atom. The van der Waals surface area contributed by atoms with Gasteiger partial charge in [-0.15, -0.1) is 29.3 Å². The summed E-state index contributed by atoms with van der Waals surface area (Å²) in [5.74, 6) is 0.621. The summed E-state index contributed by atoms with van der Waals surface area (Å²) < 4.78 is 5.49. The smallest absolute Gasteiger partial charge is 0.157 e. The lowest BCUT2D eigenvalue weighted by Gasteiger charge is -2.04. The zero-order valence-corrected chi connectivity index (χ0v) is 13.6. The standard InChI is InChI=1S/C15H13ClN2OS2/c1-2-3-6-19-8-12-17-14(16)13-10(9-21-15(13)18-12)11-5-4-7-20-11/h2,4-5,7,9H,1,3,6,8H2. The molecular formula is C15H13ClN2OS2. The van der Waals surface area contributed by atoms with Crippen LogP contribution in [0.4, 0.5) is 0 Å². The van der Waals surface area contributed by atoms with Crippen LogP contribution in [0.1, 0.15) is 12.2 Å². The van der Waals surface area contributed by atoms with E-state index in [1.54, 1.807) is 22.7 Å². The van der Waals surface area contributed by atoms with Crippen molar-refractivity contribution in [2.75, 3.05) is 6.61 Å². The third-order valence-electron chi connectivity index (χ3n) is 2.92. The third-order valence-corrected chi connectivity index (χ3v) is 4.97. The van der Waals surface area contributed by atoms with Crippen LogP contribution in [-0.2, 0) is 11.3 Å². The first-order valence-corrected chi connectivity index (χ1v) is 8.59. The molecule has 0 fully saturated rings. The number of aromatic nitrogens is 2. The van der Waals surface area contributed by atoms with E-state index in [4.69, 9.17) is 16.3 Å². The van der Waals surface area contributed by atoms with E-state index >= 15 is 0 Å². The maximum absolute atomic E-state index is 6.35. The second-order valence-electron chi connectivity index (χ2n) is 4.37. The number of halogens is 1. The highest BCUT2D eigenvalue weighted by atomic mass is 35.5. The number of fused-ring (bicyclic) bond motifs is 1. The van der Waals surface area contributed by atoms with E-state index in [0.717, 1.165) is 22.2 Å². The molecule has 0 aliphatic carbocycles. The second kappa shape index (κ2) is 6.66. The Morgan fingerprint density at radius 3 is 3.00 bits per heavy atom. The summed E-state index contributed by atoms with van der Waals surface area (Å²) in [6.45, 7) is 4.65. The van der Waals surface area contributed by atoms with Crippen molar-refractivity contribution < 1.29 is 4.74 Å². The maximum Gasteiger partial charge on any atom is 0.157 e. The van der Waals surface area contributed by atoms with Crippen molar-refractivity contribution in [1.29, 1.82) is 0 Å². The summed E-state index contributed by atoms with van der Waals surface area (Å²) in [5.41, 5.74) is 1.11. The highest BCUT2D eigenvalue weighted by Crippen LogP contribution is 2.38. The van der Waals surface area contributed by atoms with Crippen molar-refractivity contribution in [3.63, 3.8) is 0 Å². The summed E-state index contributed by atoms with van der Waals surface area (Å²) in [7, 11) is 0. The van der Waals surface area contributed by atoms with E-state index in [2.05, 4.69) is 33.4 Å². The van der Waals surface area contributed by atoms with Crippen molar-refractivity contribution in [2.45, 2.75) is 13.0 Å². The normalized spacial score (nSPS) is 11.1. The van der Waals surface area contributed by atoms with Gasteiger partial charge in [0, 0.05) is 15.8 Å². The van der Waals surface area contributed by atoms with Gasteiger partial charge in [0.15, 0.2) is 5.82 Å². The first-order valence-electron chi connectivity index (χ1n) is 6.45. The lowest BCUT2D eigenvalue weighted by molar-refractivity contribution is 0.120. The van der Waals surface area contributed by atoms with Gasteiger partial charge in [-0.1, -0.05) is 23.7 Å². The van der Waals surface area contributed by atoms with Crippen LogP contribution >= 0.6 is 34.3 Å². The molecule has 0 amide bonds. The molecule has 6 heteroatoms. The zero-order valence-electron chi connectivity index (χ0n) is 11.2. The molecule has 3 aromatic rings. The molecule has 0 saturated carbocycles. The largest absolute Gasteiger partial charge is 0.373 e. The van der Waals surface area contributed by atoms with E-state index < -0.39 is 0 Å². The fourth-order valence-corrected chi connectivity index (χ4v) is 4.07. The van der Waals surface area contributed by atoms with Gasteiger partial charge in [-0.05, 0) is 17.9 Å². The summed E-state index contributed by atoms with van der Waals surface area (Å²) in [5, 5.41) is 5.56. The summed E-state index contributed by atoms with van der Waals surface area (Å²) in [6.07, 6.45) is 2.64. The van der Waals surface area contributed by atoms with E-state index in [-0.39, 0.29) is 0 Å². The summed E-state index contributed by atoms with van der Waals surface area (Å²) in [6, 6.07) is 4.11. The topological polar surface area (TPSA) is 35.0 Å². The van der Waals surface area contributed by atoms with E-state index in [0.29, 0.717) is 24.2 Å². The minimum absolute atomic E-state index is 0.371. The highest BCUT2D eigenvalue weighted by Gasteiger charge is 2.14. The molecule has 108 valence electrons. The lowest BCUT2D eigenvalue weighted by atomic mass is 10.2. The average molecular weight is 337 g/mol. The minimum Gasteiger partial charge on any atom is -0.373 e. The van der Waals surface area contributed by atoms with Crippen molar-refractivity contribution in [3.05, 3.63) is 46.5 Å². The second-order valence-corrected chi connectivity index (χ2v) is 6.53. The van der Waals surface area contributed by atoms with Gasteiger partial charge in [-0.25, -0.2) is 9.97 Å². The van der Waals surface area contributed by atoms with Gasteiger partial charge < -0.3 is 4.74 Å². The monoisotopic (exact) mass is 336 g/mol. The van der Waals surface area contributed by atoms with Crippen LogP contribution in [0.5, 0.6) is 0 Å². The van der Waals surface area contributed by atoms with Gasteiger partial charge in [-0.3, -0.25) is 0 Å². The van der Waals surface area contributed by atoms with Crippen LogP contribution in [0.2, 0.25) is 5.15 Å². The predicted octanol–water partition coefficient (Wildman–Crippen LogP) is 5.17. The Bertz CT molecular complexity index is 752. The molecule has 0 aliphatic heterocycles. The van der Waals surface area contributed by atoms with Crippen LogP contribution in [0.25, 0.3) is 20.7 Å². The Labute approximate surface area is 135 Å². The number of thiophene rings is 2. The van der Waals surface area contributed by atoms with Gasteiger partial charge in [-0.2, -0.15) is 0 Å². The fraction of sp³-hybridized carbons (Fsp3) is 0.200. The minimum atomic E-state index is 0.371. The first-order chi connectivity index (χ1) is 10.3. The molecule has 0 atom stereocenters. The van der Waals surface area contributed by atoms with Gasteiger partial charge >= 0.3 is 0 Å². The SMILES string of the molecule is C=CCCOCc1nc(Cl)c2c(-c3cccs3)csc2n1. The van der Waals surface area contributed by atoms with E-state index in [1.165, 1.54) is 4.88 Å². The molecule has 3 nitrogen and oxygen atoms in total. The van der Waals surface area contributed by atoms with Crippen molar-refractivity contribution >= 4 is 44.5 Å². The molecule has 0 N–H and O–H groups in total. The molecule has 3 aromatic heterocycles. The molecule has 3 heterocycles. The number of nitrogens with zero attached hydrogens (tertiary/aromatic N) is 2. The van der Waals surface area contributed by atoms with Crippen LogP contribution < -0.4 is 0 Å². The Morgan fingerprint density at radius 1 is 1.33 bits per heavy atom. The molecular weight excluding hydrogens is 324 g/mol. The molecule has 0 spiro atoms. The molecule has 0 saturated heterocycles. The Kier molecular flexibility index (Phi) is 4.65. The van der Waals surface area contributed by atoms with Crippen molar-refractivity contribution in [2.24, 2.45) is 0 Å². The molecule has 0 radical (unpaired) electrons. The number of hydrogen-bond donors (Lipinski definition) is 0. The van der Waals surface area contributed by atoms with Crippen LogP contribution in [0.3, 0.4) is 0 Å². The zero-order chi connectivity index (χ0) is 14.7. The summed E-state index contributed by atoms with van der Waals surface area (Å²) >= 11 is 9.62.